The molecule has 6 N–H and O–H groups in total. The molecule has 0 radical (unpaired) electrons. The standard InChI is InChI=1S/C42H50N8O8/c1-23(2)35(47-41(55)57-5)39(53)49-21-29(51)17-33(49)37-43-19-31(45-37)27-13-9-25(10-14-27)7-8-26-11-15-28(16-12-26)32-20-44-38(46-32)34-18-30(52)22-50(34)40(54)36(24(3)4)48-42(56)58-6/h9-16,19-20,23-24,29-30,33-36,51-52H,17-18,21-22H2,1-6H3,(H,43,45)(H,44,46)(H,47,55)(H,48,56)/t29-,30-,33-,34-,35-,36-/m0/s1. The summed E-state index contributed by atoms with van der Waals surface area (Å²) in [6.45, 7) is 7.57. The highest BCUT2D eigenvalue weighted by Gasteiger charge is 2.42. The molecule has 58 heavy (non-hydrogen) atoms. The minimum Gasteiger partial charge on any atom is -0.453 e. The van der Waals surface area contributed by atoms with E-state index in [0.717, 1.165) is 33.6 Å². The summed E-state index contributed by atoms with van der Waals surface area (Å²) in [6, 6.07) is 12.7. The van der Waals surface area contributed by atoms with Gasteiger partial charge < -0.3 is 50.1 Å². The van der Waals surface area contributed by atoms with Crippen molar-refractivity contribution in [2.24, 2.45) is 11.8 Å². The maximum Gasteiger partial charge on any atom is 0.407 e. The average Bonchev–Trinajstić information content (AvgIpc) is 4.04. The van der Waals surface area contributed by atoms with Gasteiger partial charge in [-0.2, -0.15) is 0 Å². The third-order valence-electron chi connectivity index (χ3n) is 10.5. The van der Waals surface area contributed by atoms with Crippen LogP contribution in [0.25, 0.3) is 22.5 Å². The predicted molar refractivity (Wildman–Crippen MR) is 213 cm³/mol. The first-order valence-electron chi connectivity index (χ1n) is 19.2. The Labute approximate surface area is 336 Å². The number of carbonyl (C=O) groups is 4. The molecule has 4 amide bonds. The van der Waals surface area contributed by atoms with Crippen molar-refractivity contribution in [2.45, 2.75) is 76.9 Å². The number of methoxy groups -OCH3 is 2. The molecule has 2 aromatic carbocycles. The van der Waals surface area contributed by atoms with Crippen LogP contribution in [0.4, 0.5) is 9.59 Å². The Morgan fingerprint density at radius 3 is 1.36 bits per heavy atom. The van der Waals surface area contributed by atoms with E-state index < -0.39 is 48.6 Å². The van der Waals surface area contributed by atoms with Crippen molar-refractivity contribution in [3.63, 3.8) is 0 Å². The molecule has 2 aliphatic heterocycles. The maximum absolute atomic E-state index is 13.5. The number of carbonyl (C=O) groups excluding carboxylic acids is 4. The van der Waals surface area contributed by atoms with Crippen LogP contribution in [-0.4, -0.2) is 116 Å². The average molecular weight is 795 g/mol. The van der Waals surface area contributed by atoms with E-state index in [4.69, 9.17) is 9.47 Å². The van der Waals surface area contributed by atoms with E-state index in [1.165, 1.54) is 14.2 Å². The number of amides is 4. The molecular formula is C42H50N8O8. The van der Waals surface area contributed by atoms with E-state index in [-0.39, 0.29) is 36.7 Å². The largest absolute Gasteiger partial charge is 0.453 e. The Bertz CT molecular complexity index is 2000. The number of ether oxygens (including phenoxy) is 2. The smallest absolute Gasteiger partial charge is 0.407 e. The fraction of sp³-hybridized carbons (Fsp3) is 0.429. The van der Waals surface area contributed by atoms with Crippen LogP contribution in [0.2, 0.25) is 0 Å². The van der Waals surface area contributed by atoms with Gasteiger partial charge in [0.15, 0.2) is 0 Å². The summed E-state index contributed by atoms with van der Waals surface area (Å²) in [7, 11) is 2.49. The number of aliphatic hydroxyl groups is 2. The van der Waals surface area contributed by atoms with Gasteiger partial charge in [-0.3, -0.25) is 9.59 Å². The number of H-pyrrole nitrogens is 2. The van der Waals surface area contributed by atoms with E-state index in [0.29, 0.717) is 24.5 Å². The van der Waals surface area contributed by atoms with Gasteiger partial charge in [-0.15, -0.1) is 0 Å². The van der Waals surface area contributed by atoms with Crippen molar-refractivity contribution in [2.75, 3.05) is 27.3 Å². The summed E-state index contributed by atoms with van der Waals surface area (Å²) >= 11 is 0. The van der Waals surface area contributed by atoms with E-state index in [9.17, 15) is 29.4 Å². The molecule has 16 heteroatoms. The fourth-order valence-electron chi connectivity index (χ4n) is 7.31. The molecule has 0 aliphatic carbocycles. The molecule has 2 aliphatic rings. The van der Waals surface area contributed by atoms with Crippen molar-refractivity contribution in [3.05, 3.63) is 83.7 Å². The van der Waals surface area contributed by atoms with Gasteiger partial charge in [0.25, 0.3) is 0 Å². The number of aliphatic hydroxyl groups excluding tert-OH is 2. The first kappa shape index (κ1) is 41.5. The summed E-state index contributed by atoms with van der Waals surface area (Å²) < 4.78 is 9.43. The molecule has 6 rings (SSSR count). The van der Waals surface area contributed by atoms with Gasteiger partial charge >= 0.3 is 12.2 Å². The minimum absolute atomic E-state index is 0.124. The number of imidazole rings is 2. The SMILES string of the molecule is COC(=O)N[C@H](C(=O)N1C[C@@H](O)C[C@H]1c1ncc(-c2ccc(C#Cc3ccc(-c4cnc([C@@H]5C[C@H](O)CN5C(=O)[C@@H](NC(=O)OC)C(C)C)[nH]4)cc3)cc2)[nH]1)C(C)C. The number of nitrogens with zero attached hydrogens (tertiary/aromatic N) is 4. The number of rotatable bonds is 10. The lowest BCUT2D eigenvalue weighted by molar-refractivity contribution is -0.136. The van der Waals surface area contributed by atoms with E-state index in [1.54, 1.807) is 22.2 Å². The highest BCUT2D eigenvalue weighted by molar-refractivity contribution is 5.87. The van der Waals surface area contributed by atoms with Crippen molar-refractivity contribution >= 4 is 24.0 Å². The second-order valence-electron chi connectivity index (χ2n) is 15.3. The van der Waals surface area contributed by atoms with Crippen LogP contribution in [0.5, 0.6) is 0 Å². The lowest BCUT2D eigenvalue weighted by Gasteiger charge is -2.29. The Morgan fingerprint density at radius 1 is 0.672 bits per heavy atom. The predicted octanol–water partition coefficient (Wildman–Crippen LogP) is 3.90. The molecule has 4 aromatic rings. The maximum atomic E-state index is 13.5. The fourth-order valence-corrected chi connectivity index (χ4v) is 7.31. The van der Waals surface area contributed by atoms with Gasteiger partial charge in [0, 0.05) is 37.1 Å². The third kappa shape index (κ3) is 9.33. The Kier molecular flexibility index (Phi) is 12.8. The Morgan fingerprint density at radius 2 is 1.03 bits per heavy atom. The molecule has 2 aromatic heterocycles. The van der Waals surface area contributed by atoms with Gasteiger partial charge in [-0.05, 0) is 47.2 Å². The highest BCUT2D eigenvalue weighted by atomic mass is 16.5. The topological polar surface area (TPSA) is 215 Å². The molecule has 0 saturated carbocycles. The lowest BCUT2D eigenvalue weighted by Crippen LogP contribution is -2.51. The summed E-state index contributed by atoms with van der Waals surface area (Å²) in [4.78, 5) is 69.8. The van der Waals surface area contributed by atoms with E-state index in [2.05, 4.69) is 42.4 Å². The summed E-state index contributed by atoms with van der Waals surface area (Å²) in [5.41, 5.74) is 4.83. The number of alkyl carbamates (subject to hydrolysis) is 2. The normalized spacial score (nSPS) is 20.0. The van der Waals surface area contributed by atoms with Gasteiger partial charge in [-0.25, -0.2) is 19.6 Å². The molecule has 6 atom stereocenters. The molecule has 2 saturated heterocycles. The van der Waals surface area contributed by atoms with Crippen LogP contribution >= 0.6 is 0 Å². The Balaban J connectivity index is 1.09. The summed E-state index contributed by atoms with van der Waals surface area (Å²) in [5, 5.41) is 26.2. The molecule has 2 fully saturated rings. The zero-order valence-corrected chi connectivity index (χ0v) is 33.4. The van der Waals surface area contributed by atoms with Gasteiger partial charge in [-0.1, -0.05) is 63.8 Å². The second-order valence-corrected chi connectivity index (χ2v) is 15.3. The Hall–Kier alpha value is -6.18. The van der Waals surface area contributed by atoms with Crippen LogP contribution in [0.15, 0.2) is 60.9 Å². The summed E-state index contributed by atoms with van der Waals surface area (Å²) in [6.07, 6.45) is 1.15. The number of aromatic amines is 2. The molecule has 0 unspecified atom stereocenters. The van der Waals surface area contributed by atoms with E-state index >= 15 is 0 Å². The highest BCUT2D eigenvalue weighted by Crippen LogP contribution is 2.34. The number of nitrogens with one attached hydrogen (secondary N) is 4. The van der Waals surface area contributed by atoms with Gasteiger partial charge in [0.2, 0.25) is 11.8 Å². The number of hydrogen-bond acceptors (Lipinski definition) is 10. The molecule has 0 spiro atoms. The number of likely N-dealkylation sites (tertiary alicyclic amines) is 2. The number of benzene rings is 2. The van der Waals surface area contributed by atoms with Crippen LogP contribution in [0.3, 0.4) is 0 Å². The van der Waals surface area contributed by atoms with Crippen molar-refractivity contribution in [1.29, 1.82) is 0 Å². The molecule has 16 nitrogen and oxygen atoms in total. The van der Waals surface area contributed by atoms with Crippen LogP contribution < -0.4 is 10.6 Å². The first-order valence-corrected chi connectivity index (χ1v) is 19.2. The monoisotopic (exact) mass is 794 g/mol. The van der Waals surface area contributed by atoms with Gasteiger partial charge in [0.1, 0.15) is 23.7 Å². The lowest BCUT2D eigenvalue weighted by atomic mass is 10.0. The quantitative estimate of drug-likeness (QED) is 0.127. The van der Waals surface area contributed by atoms with Crippen molar-refractivity contribution in [1.82, 2.24) is 40.4 Å². The molecular weight excluding hydrogens is 745 g/mol. The van der Waals surface area contributed by atoms with Crippen LogP contribution in [0, 0.1) is 23.7 Å². The van der Waals surface area contributed by atoms with E-state index in [1.807, 2.05) is 76.2 Å². The van der Waals surface area contributed by atoms with Crippen molar-refractivity contribution in [3.8, 4) is 34.4 Å². The number of β-amino-alcohol motifs (C(OH)–C–C–N with tert-alkyl or cyclic N) is 2. The number of hydrogen-bond donors (Lipinski definition) is 6. The number of aromatic nitrogens is 4. The molecule has 306 valence electrons. The minimum atomic E-state index is -0.820. The zero-order chi connectivity index (χ0) is 41.7. The first-order chi connectivity index (χ1) is 27.8. The van der Waals surface area contributed by atoms with Crippen LogP contribution in [-0.2, 0) is 19.1 Å². The summed E-state index contributed by atoms with van der Waals surface area (Å²) in [5.74, 6) is 6.44. The van der Waals surface area contributed by atoms with Crippen LogP contribution in [0.1, 0.15) is 75.4 Å². The second kappa shape index (κ2) is 18.0. The molecule has 4 heterocycles. The third-order valence-corrected chi connectivity index (χ3v) is 10.5. The molecule has 0 bridgehead atoms. The zero-order valence-electron chi connectivity index (χ0n) is 33.4. The van der Waals surface area contributed by atoms with Crippen molar-refractivity contribution < 1.29 is 38.9 Å². The van der Waals surface area contributed by atoms with Gasteiger partial charge in [0.05, 0.1) is 62.3 Å².